The Morgan fingerprint density at radius 3 is 2.64 bits per heavy atom. The molecule has 174 valence electrons. The third kappa shape index (κ3) is 6.55. The first-order chi connectivity index (χ1) is 15.8. The highest BCUT2D eigenvalue weighted by molar-refractivity contribution is 7.92. The Labute approximate surface area is 195 Å². The van der Waals surface area contributed by atoms with E-state index in [1.165, 1.54) is 6.20 Å². The van der Waals surface area contributed by atoms with Crippen molar-refractivity contribution in [3.63, 3.8) is 0 Å². The van der Waals surface area contributed by atoms with E-state index in [2.05, 4.69) is 21.9 Å². The Kier molecular flexibility index (Phi) is 8.06. The topological polar surface area (TPSA) is 97.4 Å². The maximum absolute atomic E-state index is 12.9. The molecule has 1 heterocycles. The number of aryl methyl sites for hydroxylation is 2. The molecule has 0 spiro atoms. The van der Waals surface area contributed by atoms with Crippen LogP contribution in [0, 0.1) is 13.8 Å². The number of hydrogen-bond donors (Lipinski definition) is 2. The Bertz CT molecular complexity index is 1230. The molecule has 0 aliphatic rings. The van der Waals surface area contributed by atoms with Gasteiger partial charge in [-0.15, -0.1) is 0 Å². The van der Waals surface area contributed by atoms with E-state index in [1.807, 2.05) is 13.0 Å². The van der Waals surface area contributed by atoms with Gasteiger partial charge in [0.1, 0.15) is 11.3 Å². The van der Waals surface area contributed by atoms with Crippen molar-refractivity contribution in [2.24, 2.45) is 0 Å². The van der Waals surface area contributed by atoms with Crippen LogP contribution in [0.5, 0.6) is 11.6 Å². The molecule has 2 N–H and O–H groups in total. The molecule has 0 atom stereocenters. The van der Waals surface area contributed by atoms with E-state index in [4.69, 9.17) is 4.74 Å². The maximum atomic E-state index is 12.9. The number of carbonyl (C=O) groups excluding carboxylic acids is 1. The first kappa shape index (κ1) is 24.3. The van der Waals surface area contributed by atoms with Crippen LogP contribution < -0.4 is 14.8 Å². The highest BCUT2D eigenvalue weighted by Crippen LogP contribution is 2.27. The summed E-state index contributed by atoms with van der Waals surface area (Å²) < 4.78 is 34.3. The smallest absolute Gasteiger partial charge is 0.262 e. The Balaban J connectivity index is 1.77. The second-order valence-corrected chi connectivity index (χ2v) is 9.47. The van der Waals surface area contributed by atoms with Gasteiger partial charge in [0.05, 0.1) is 10.6 Å². The minimum absolute atomic E-state index is 0.153. The number of hydrogen-bond acceptors (Lipinski definition) is 5. The van der Waals surface area contributed by atoms with Gasteiger partial charge in [-0.3, -0.25) is 9.52 Å². The molecule has 0 bridgehead atoms. The van der Waals surface area contributed by atoms with E-state index in [9.17, 15) is 13.2 Å². The van der Waals surface area contributed by atoms with Crippen molar-refractivity contribution in [2.45, 2.75) is 44.9 Å². The number of unbranched alkanes of at least 4 members (excludes halogenated alkanes) is 2. The largest absolute Gasteiger partial charge is 0.438 e. The number of aromatic nitrogens is 1. The number of amides is 1. The van der Waals surface area contributed by atoms with E-state index < -0.39 is 10.0 Å². The fraction of sp³-hybridized carbons (Fsp3) is 0.280. The van der Waals surface area contributed by atoms with Crippen molar-refractivity contribution in [1.29, 1.82) is 0 Å². The average Bonchev–Trinajstić information content (AvgIpc) is 2.78. The number of benzene rings is 2. The SMILES string of the molecule is CCCCCNC(=O)c1cccnc1Oc1cccc(NS(=O)(=O)c2cc(C)ccc2C)c1. The lowest BCUT2D eigenvalue weighted by atomic mass is 10.2. The Hall–Kier alpha value is -3.39. The van der Waals surface area contributed by atoms with E-state index in [0.29, 0.717) is 29.1 Å². The maximum Gasteiger partial charge on any atom is 0.262 e. The standard InChI is InChI=1S/C25H29N3O4S/c1-4-5-6-14-26-24(29)22-11-8-15-27-25(22)32-21-10-7-9-20(17-21)28-33(30,31)23-16-18(2)12-13-19(23)3/h7-13,15-17,28H,4-6,14H2,1-3H3,(H,26,29). The molecule has 2 aromatic carbocycles. The van der Waals surface area contributed by atoms with Crippen molar-refractivity contribution in [3.05, 3.63) is 77.5 Å². The fourth-order valence-electron chi connectivity index (χ4n) is 3.26. The predicted molar refractivity (Wildman–Crippen MR) is 129 cm³/mol. The van der Waals surface area contributed by atoms with Crippen LogP contribution in [0.2, 0.25) is 0 Å². The quantitative estimate of drug-likeness (QED) is 0.399. The molecule has 0 saturated carbocycles. The van der Waals surface area contributed by atoms with Gasteiger partial charge in [0.15, 0.2) is 0 Å². The Morgan fingerprint density at radius 1 is 1.03 bits per heavy atom. The van der Waals surface area contributed by atoms with E-state index >= 15 is 0 Å². The van der Waals surface area contributed by atoms with Gasteiger partial charge in [0, 0.05) is 18.8 Å². The molecule has 3 aromatic rings. The molecule has 0 unspecified atom stereocenters. The molecule has 0 aliphatic heterocycles. The van der Waals surface area contributed by atoms with Gasteiger partial charge in [0.2, 0.25) is 5.88 Å². The minimum Gasteiger partial charge on any atom is -0.438 e. The second kappa shape index (κ2) is 11.0. The van der Waals surface area contributed by atoms with Crippen LogP contribution in [0.25, 0.3) is 0 Å². The minimum atomic E-state index is -3.78. The molecule has 0 aliphatic carbocycles. The van der Waals surface area contributed by atoms with E-state index in [-0.39, 0.29) is 16.7 Å². The summed E-state index contributed by atoms with van der Waals surface area (Å²) in [6.07, 6.45) is 4.56. The first-order valence-electron chi connectivity index (χ1n) is 10.9. The molecule has 0 radical (unpaired) electrons. The van der Waals surface area contributed by atoms with Crippen LogP contribution in [0.4, 0.5) is 5.69 Å². The monoisotopic (exact) mass is 467 g/mol. The van der Waals surface area contributed by atoms with Crippen molar-refractivity contribution in [2.75, 3.05) is 11.3 Å². The third-order valence-corrected chi connectivity index (χ3v) is 6.54. The van der Waals surface area contributed by atoms with Crippen LogP contribution in [0.3, 0.4) is 0 Å². The van der Waals surface area contributed by atoms with Crippen LogP contribution in [-0.2, 0) is 10.0 Å². The van der Waals surface area contributed by atoms with E-state index in [0.717, 1.165) is 24.8 Å². The summed E-state index contributed by atoms with van der Waals surface area (Å²) in [5, 5.41) is 2.88. The average molecular weight is 468 g/mol. The molecule has 7 nitrogen and oxygen atoms in total. The van der Waals surface area contributed by atoms with Crippen molar-refractivity contribution < 1.29 is 17.9 Å². The number of nitrogens with zero attached hydrogens (tertiary/aromatic N) is 1. The van der Waals surface area contributed by atoms with Crippen LogP contribution in [0.1, 0.15) is 47.7 Å². The van der Waals surface area contributed by atoms with Crippen molar-refractivity contribution >= 4 is 21.6 Å². The molecule has 0 fully saturated rings. The summed E-state index contributed by atoms with van der Waals surface area (Å²) in [6.45, 7) is 6.28. The van der Waals surface area contributed by atoms with Crippen LogP contribution in [0.15, 0.2) is 65.7 Å². The molecular weight excluding hydrogens is 438 g/mol. The number of sulfonamides is 1. The third-order valence-electron chi connectivity index (χ3n) is 5.02. The Morgan fingerprint density at radius 2 is 1.85 bits per heavy atom. The molecule has 33 heavy (non-hydrogen) atoms. The van der Waals surface area contributed by atoms with Crippen LogP contribution >= 0.6 is 0 Å². The molecule has 0 saturated heterocycles. The number of carbonyl (C=O) groups is 1. The summed E-state index contributed by atoms with van der Waals surface area (Å²) in [5.74, 6) is 0.246. The highest BCUT2D eigenvalue weighted by atomic mass is 32.2. The van der Waals surface area contributed by atoms with Crippen molar-refractivity contribution in [1.82, 2.24) is 10.3 Å². The fourth-order valence-corrected chi connectivity index (χ4v) is 4.64. The second-order valence-electron chi connectivity index (χ2n) is 7.82. The molecule has 8 heteroatoms. The molecular formula is C25H29N3O4S. The summed E-state index contributed by atoms with van der Waals surface area (Å²) in [6, 6.07) is 15.1. The van der Waals surface area contributed by atoms with Gasteiger partial charge < -0.3 is 10.1 Å². The lowest BCUT2D eigenvalue weighted by Gasteiger charge is -2.13. The van der Waals surface area contributed by atoms with Gasteiger partial charge in [-0.1, -0.05) is 38.0 Å². The molecule has 1 amide bonds. The van der Waals surface area contributed by atoms with Gasteiger partial charge in [0.25, 0.3) is 15.9 Å². The summed E-state index contributed by atoms with van der Waals surface area (Å²) >= 11 is 0. The zero-order valence-electron chi connectivity index (χ0n) is 19.1. The van der Waals surface area contributed by atoms with Gasteiger partial charge in [-0.2, -0.15) is 0 Å². The number of ether oxygens (including phenoxy) is 1. The van der Waals surface area contributed by atoms with Crippen LogP contribution in [-0.4, -0.2) is 25.9 Å². The lowest BCUT2D eigenvalue weighted by Crippen LogP contribution is -2.25. The van der Waals surface area contributed by atoms with Gasteiger partial charge in [-0.05, 0) is 61.7 Å². The summed E-state index contributed by atoms with van der Waals surface area (Å²) in [4.78, 5) is 17.0. The van der Waals surface area contributed by atoms with Gasteiger partial charge >= 0.3 is 0 Å². The zero-order valence-corrected chi connectivity index (χ0v) is 19.9. The number of nitrogens with one attached hydrogen (secondary N) is 2. The number of anilines is 1. The summed E-state index contributed by atoms with van der Waals surface area (Å²) in [7, 11) is -3.78. The van der Waals surface area contributed by atoms with Crippen molar-refractivity contribution in [3.8, 4) is 11.6 Å². The first-order valence-corrected chi connectivity index (χ1v) is 12.4. The number of pyridine rings is 1. The predicted octanol–water partition coefficient (Wildman–Crippen LogP) is 5.21. The molecule has 1 aromatic heterocycles. The molecule has 3 rings (SSSR count). The van der Waals surface area contributed by atoms with Gasteiger partial charge in [-0.25, -0.2) is 13.4 Å². The lowest BCUT2D eigenvalue weighted by molar-refractivity contribution is 0.0950. The normalized spacial score (nSPS) is 11.1. The number of rotatable bonds is 10. The highest BCUT2D eigenvalue weighted by Gasteiger charge is 2.18. The van der Waals surface area contributed by atoms with E-state index in [1.54, 1.807) is 55.5 Å². The summed E-state index contributed by atoms with van der Waals surface area (Å²) in [5.41, 5.74) is 2.17. The zero-order chi connectivity index (χ0) is 23.8.